The maximum Gasteiger partial charge on any atom is 0.416 e. The summed E-state index contributed by atoms with van der Waals surface area (Å²) in [5.74, 6) is -1.61. The van der Waals surface area contributed by atoms with Gasteiger partial charge in [-0.1, -0.05) is 63.1 Å². The lowest BCUT2D eigenvalue weighted by atomic mass is 9.76. The van der Waals surface area contributed by atoms with Crippen LogP contribution in [0.1, 0.15) is 61.5 Å². The molecule has 2 atom stereocenters. The van der Waals surface area contributed by atoms with Gasteiger partial charge in [-0.15, -0.1) is 0 Å². The van der Waals surface area contributed by atoms with Gasteiger partial charge >= 0.3 is 12.1 Å². The molecule has 0 heterocycles. The van der Waals surface area contributed by atoms with Crippen LogP contribution in [0.5, 0.6) is 5.75 Å². The summed E-state index contributed by atoms with van der Waals surface area (Å²) in [5.41, 5.74) is -0.886. The second-order valence-electron chi connectivity index (χ2n) is 9.29. The fourth-order valence-corrected chi connectivity index (χ4v) is 4.56. The molecule has 9 heteroatoms. The molecule has 0 aliphatic rings. The minimum Gasteiger partial charge on any atom is -0.487 e. The van der Waals surface area contributed by atoms with E-state index in [1.54, 1.807) is 24.3 Å². The zero-order valence-corrected chi connectivity index (χ0v) is 21.5. The highest BCUT2D eigenvalue weighted by Crippen LogP contribution is 2.35. The number of hydrogen-bond acceptors (Lipinski definition) is 3. The summed E-state index contributed by atoms with van der Waals surface area (Å²) in [6, 6.07) is 11.7. The summed E-state index contributed by atoms with van der Waals surface area (Å²) >= 11 is 6.20. The third kappa shape index (κ3) is 6.55. The first-order valence-corrected chi connectivity index (χ1v) is 12.3. The summed E-state index contributed by atoms with van der Waals surface area (Å²) in [6.45, 7) is 5.55. The third-order valence-electron chi connectivity index (χ3n) is 6.69. The fourth-order valence-electron chi connectivity index (χ4n) is 4.38. The van der Waals surface area contributed by atoms with E-state index in [1.165, 1.54) is 18.2 Å². The average Bonchev–Trinajstić information content (AvgIpc) is 2.85. The fraction of sp³-hybridized carbons (Fsp3) is 0.357. The standard InChI is InChI=1S/C28H29ClF3NO4/c1-4-14-27(3,5-2)24(26(35)36)33-25(34)21-13-9-18-8-12-20(29)15-22(18)23(21)37-16-17-6-10-19(11-7-17)28(30,31)32/h6-13,15,24H,4-5,14,16H2,1-3H3,(H,33,34)(H,35,36). The van der Waals surface area contributed by atoms with E-state index in [2.05, 4.69) is 5.32 Å². The van der Waals surface area contributed by atoms with Gasteiger partial charge in [-0.25, -0.2) is 4.79 Å². The number of amides is 1. The zero-order valence-electron chi connectivity index (χ0n) is 20.8. The van der Waals surface area contributed by atoms with Crippen molar-refractivity contribution in [3.05, 3.63) is 76.3 Å². The lowest BCUT2D eigenvalue weighted by Crippen LogP contribution is -2.51. The third-order valence-corrected chi connectivity index (χ3v) is 6.93. The number of carboxylic acids is 1. The van der Waals surface area contributed by atoms with Crippen molar-refractivity contribution in [1.82, 2.24) is 5.32 Å². The van der Waals surface area contributed by atoms with Crippen molar-refractivity contribution in [3.8, 4) is 5.75 Å². The van der Waals surface area contributed by atoms with E-state index in [9.17, 15) is 27.9 Å². The molecule has 0 saturated heterocycles. The molecule has 3 rings (SSSR count). The summed E-state index contributed by atoms with van der Waals surface area (Å²) in [7, 11) is 0. The van der Waals surface area contributed by atoms with Gasteiger partial charge < -0.3 is 15.2 Å². The number of carbonyl (C=O) groups is 2. The highest BCUT2D eigenvalue weighted by atomic mass is 35.5. The Morgan fingerprint density at radius 1 is 1.05 bits per heavy atom. The van der Waals surface area contributed by atoms with Crippen LogP contribution >= 0.6 is 11.6 Å². The zero-order chi connectivity index (χ0) is 27.4. The number of aliphatic carboxylic acids is 1. The van der Waals surface area contributed by atoms with Crippen molar-refractivity contribution >= 4 is 34.2 Å². The predicted octanol–water partition coefficient (Wildman–Crippen LogP) is 7.49. The van der Waals surface area contributed by atoms with E-state index in [0.717, 1.165) is 23.9 Å². The number of halogens is 4. The molecule has 0 aliphatic carbocycles. The Hall–Kier alpha value is -3.26. The minimum atomic E-state index is -4.46. The smallest absolute Gasteiger partial charge is 0.416 e. The molecule has 0 radical (unpaired) electrons. The Morgan fingerprint density at radius 2 is 1.70 bits per heavy atom. The second-order valence-corrected chi connectivity index (χ2v) is 9.73. The predicted molar refractivity (Wildman–Crippen MR) is 137 cm³/mol. The molecular weight excluding hydrogens is 507 g/mol. The van der Waals surface area contributed by atoms with Crippen LogP contribution in [0.25, 0.3) is 10.8 Å². The van der Waals surface area contributed by atoms with Gasteiger partial charge in [0.1, 0.15) is 18.4 Å². The van der Waals surface area contributed by atoms with Gasteiger partial charge in [0.05, 0.1) is 11.1 Å². The molecular formula is C28H29ClF3NO4. The molecule has 0 fully saturated rings. The van der Waals surface area contributed by atoms with Gasteiger partial charge in [-0.05, 0) is 59.5 Å². The van der Waals surface area contributed by atoms with Crippen molar-refractivity contribution in [2.24, 2.45) is 5.41 Å². The second kappa shape index (κ2) is 11.4. The molecule has 0 aliphatic heterocycles. The van der Waals surface area contributed by atoms with Crippen molar-refractivity contribution in [3.63, 3.8) is 0 Å². The Labute approximate surface area is 218 Å². The number of carbonyl (C=O) groups excluding carboxylic acids is 1. The van der Waals surface area contributed by atoms with Crippen molar-refractivity contribution in [2.45, 2.75) is 58.9 Å². The topological polar surface area (TPSA) is 75.6 Å². The number of ether oxygens (including phenoxy) is 1. The number of benzene rings is 3. The van der Waals surface area contributed by atoms with E-state index in [4.69, 9.17) is 16.3 Å². The quantitative estimate of drug-likeness (QED) is 0.282. The molecule has 3 aromatic carbocycles. The van der Waals surface area contributed by atoms with Crippen molar-refractivity contribution in [1.29, 1.82) is 0 Å². The van der Waals surface area contributed by atoms with Gasteiger partial charge in [0.15, 0.2) is 0 Å². The molecule has 2 unspecified atom stereocenters. The van der Waals surface area contributed by atoms with Crippen LogP contribution in [-0.4, -0.2) is 23.0 Å². The molecule has 37 heavy (non-hydrogen) atoms. The molecule has 0 spiro atoms. The van der Waals surface area contributed by atoms with E-state index in [1.807, 2.05) is 20.8 Å². The first-order chi connectivity index (χ1) is 17.4. The average molecular weight is 536 g/mol. The number of carboxylic acid groups (broad SMARTS) is 1. The highest BCUT2D eigenvalue weighted by molar-refractivity contribution is 6.31. The van der Waals surface area contributed by atoms with Crippen LogP contribution in [0.3, 0.4) is 0 Å². The number of hydrogen-bond donors (Lipinski definition) is 2. The molecule has 0 aromatic heterocycles. The van der Waals surface area contributed by atoms with E-state index in [-0.39, 0.29) is 17.9 Å². The van der Waals surface area contributed by atoms with E-state index < -0.39 is 35.1 Å². The van der Waals surface area contributed by atoms with Crippen LogP contribution in [0.2, 0.25) is 5.02 Å². The Morgan fingerprint density at radius 3 is 2.27 bits per heavy atom. The number of alkyl halides is 3. The van der Waals surface area contributed by atoms with E-state index in [0.29, 0.717) is 28.8 Å². The number of nitrogens with one attached hydrogen (secondary N) is 1. The Bertz CT molecular complexity index is 1280. The van der Waals surface area contributed by atoms with Crippen LogP contribution < -0.4 is 10.1 Å². The molecule has 198 valence electrons. The lowest BCUT2D eigenvalue weighted by Gasteiger charge is -2.34. The lowest BCUT2D eigenvalue weighted by molar-refractivity contribution is -0.143. The minimum absolute atomic E-state index is 0.0999. The normalized spacial score (nSPS) is 14.1. The summed E-state index contributed by atoms with van der Waals surface area (Å²) in [5, 5.41) is 14.2. The van der Waals surface area contributed by atoms with Crippen LogP contribution in [0, 0.1) is 5.41 Å². The molecule has 0 bridgehead atoms. The van der Waals surface area contributed by atoms with Crippen LogP contribution in [0.15, 0.2) is 54.6 Å². The monoisotopic (exact) mass is 535 g/mol. The maximum absolute atomic E-state index is 13.4. The molecule has 3 aromatic rings. The number of fused-ring (bicyclic) bond motifs is 1. The molecule has 2 N–H and O–H groups in total. The summed E-state index contributed by atoms with van der Waals surface area (Å²) in [6.07, 6.45) is -2.56. The first-order valence-electron chi connectivity index (χ1n) is 11.9. The first kappa shape index (κ1) is 28.3. The van der Waals surface area contributed by atoms with Gasteiger partial charge in [0.25, 0.3) is 5.91 Å². The van der Waals surface area contributed by atoms with Crippen LogP contribution in [0.4, 0.5) is 13.2 Å². The Balaban J connectivity index is 1.99. The van der Waals surface area contributed by atoms with Gasteiger partial charge in [-0.2, -0.15) is 13.2 Å². The summed E-state index contributed by atoms with van der Waals surface area (Å²) < 4.78 is 44.7. The van der Waals surface area contributed by atoms with Crippen molar-refractivity contribution < 1.29 is 32.6 Å². The highest BCUT2D eigenvalue weighted by Gasteiger charge is 2.39. The van der Waals surface area contributed by atoms with Gasteiger partial charge in [0, 0.05) is 10.4 Å². The van der Waals surface area contributed by atoms with Gasteiger partial charge in [0.2, 0.25) is 0 Å². The summed E-state index contributed by atoms with van der Waals surface area (Å²) in [4.78, 5) is 25.6. The largest absolute Gasteiger partial charge is 0.487 e. The maximum atomic E-state index is 13.4. The van der Waals surface area contributed by atoms with Gasteiger partial charge in [-0.3, -0.25) is 4.79 Å². The SMILES string of the molecule is CCCC(C)(CC)C(NC(=O)c1ccc2ccc(Cl)cc2c1OCc1ccc(C(F)(F)F)cc1)C(=O)O. The van der Waals surface area contributed by atoms with Crippen LogP contribution in [-0.2, 0) is 17.6 Å². The van der Waals surface area contributed by atoms with E-state index >= 15 is 0 Å². The Kier molecular flexibility index (Phi) is 8.74. The molecule has 5 nitrogen and oxygen atoms in total. The number of rotatable bonds is 10. The molecule has 1 amide bonds. The molecule has 0 saturated carbocycles. The van der Waals surface area contributed by atoms with Crippen molar-refractivity contribution in [2.75, 3.05) is 0 Å².